The van der Waals surface area contributed by atoms with Crippen LogP contribution in [0.3, 0.4) is 0 Å². The molecule has 1 aliphatic heterocycles. The van der Waals surface area contributed by atoms with Crippen molar-refractivity contribution in [1.82, 2.24) is 9.88 Å². The topological polar surface area (TPSA) is 60.2 Å². The number of hydrogen-bond donors (Lipinski definition) is 0. The van der Waals surface area contributed by atoms with E-state index in [0.29, 0.717) is 12.1 Å². The van der Waals surface area contributed by atoms with Gasteiger partial charge >= 0.3 is 0 Å². The van der Waals surface area contributed by atoms with Crippen LogP contribution in [0.5, 0.6) is 0 Å². The number of nitrogens with zero attached hydrogens (tertiary/aromatic N) is 4. The number of carbonyl (C=O) groups excluding carboxylic acids is 1. The van der Waals surface area contributed by atoms with Gasteiger partial charge in [-0.25, -0.2) is 4.98 Å². The maximum atomic E-state index is 12.4. The molecule has 22 heavy (non-hydrogen) atoms. The van der Waals surface area contributed by atoms with Gasteiger partial charge < -0.3 is 9.80 Å². The van der Waals surface area contributed by atoms with Crippen LogP contribution in [0.15, 0.2) is 35.2 Å². The highest BCUT2D eigenvalue weighted by Gasteiger charge is 2.21. The molecular formula is C16H16N4OS. The highest BCUT2D eigenvalue weighted by atomic mass is 32.1. The number of amides is 1. The predicted octanol–water partition coefficient (Wildman–Crippen LogP) is 2.37. The third-order valence-corrected chi connectivity index (χ3v) is 4.44. The highest BCUT2D eigenvalue weighted by molar-refractivity contribution is 7.08. The number of rotatable bonds is 2. The minimum atomic E-state index is 0.107. The van der Waals surface area contributed by atoms with Crippen molar-refractivity contribution in [3.63, 3.8) is 0 Å². The van der Waals surface area contributed by atoms with Gasteiger partial charge in [0.25, 0.3) is 5.91 Å². The van der Waals surface area contributed by atoms with Crippen LogP contribution in [0.4, 0.5) is 5.82 Å². The largest absolute Gasteiger partial charge is 0.355 e. The molecule has 1 amide bonds. The van der Waals surface area contributed by atoms with Crippen LogP contribution < -0.4 is 4.90 Å². The average Bonchev–Trinajstić information content (AvgIpc) is 2.99. The van der Waals surface area contributed by atoms with Crippen LogP contribution >= 0.6 is 11.3 Å². The molecule has 0 aromatic carbocycles. The zero-order valence-electron chi connectivity index (χ0n) is 12.1. The summed E-state index contributed by atoms with van der Waals surface area (Å²) < 4.78 is 0. The highest BCUT2D eigenvalue weighted by Crippen LogP contribution is 2.16. The molecule has 0 spiro atoms. The van der Waals surface area contributed by atoms with E-state index in [1.807, 2.05) is 27.8 Å². The number of carbonyl (C=O) groups is 1. The standard InChI is InChI=1S/C16H16N4OS/c17-10-13-2-3-15(18-11-13)19-5-1-6-20(8-7-19)16(21)14-4-9-22-12-14/h2-4,9,11-12H,1,5-8H2. The third-order valence-electron chi connectivity index (χ3n) is 3.75. The Labute approximate surface area is 133 Å². The van der Waals surface area contributed by atoms with Gasteiger partial charge in [0.15, 0.2) is 0 Å². The van der Waals surface area contributed by atoms with Crippen molar-refractivity contribution in [2.24, 2.45) is 0 Å². The monoisotopic (exact) mass is 312 g/mol. The molecule has 112 valence electrons. The molecule has 1 saturated heterocycles. The smallest absolute Gasteiger partial charge is 0.254 e. The quantitative estimate of drug-likeness (QED) is 0.854. The second kappa shape index (κ2) is 6.58. The van der Waals surface area contributed by atoms with Crippen molar-refractivity contribution in [1.29, 1.82) is 5.26 Å². The van der Waals surface area contributed by atoms with Crippen LogP contribution in [0.25, 0.3) is 0 Å². The Hall–Kier alpha value is -2.39. The molecule has 1 aliphatic rings. The van der Waals surface area contributed by atoms with E-state index < -0.39 is 0 Å². The Morgan fingerprint density at radius 2 is 2.14 bits per heavy atom. The number of nitriles is 1. The van der Waals surface area contributed by atoms with Crippen molar-refractivity contribution < 1.29 is 4.79 Å². The molecule has 0 N–H and O–H groups in total. The van der Waals surface area contributed by atoms with Crippen LogP contribution in [-0.2, 0) is 0 Å². The molecule has 6 heteroatoms. The summed E-state index contributed by atoms with van der Waals surface area (Å²) in [6.45, 7) is 3.08. The lowest BCUT2D eigenvalue weighted by atomic mass is 10.3. The Morgan fingerprint density at radius 1 is 1.23 bits per heavy atom. The maximum absolute atomic E-state index is 12.4. The number of anilines is 1. The van der Waals surface area contributed by atoms with E-state index in [4.69, 9.17) is 5.26 Å². The first-order valence-electron chi connectivity index (χ1n) is 7.20. The van der Waals surface area contributed by atoms with Crippen molar-refractivity contribution in [2.75, 3.05) is 31.1 Å². The number of aromatic nitrogens is 1. The van der Waals surface area contributed by atoms with Crippen LogP contribution in [0.2, 0.25) is 0 Å². The Kier molecular flexibility index (Phi) is 4.35. The van der Waals surface area contributed by atoms with E-state index in [1.54, 1.807) is 23.6 Å². The third kappa shape index (κ3) is 3.10. The SMILES string of the molecule is N#Cc1ccc(N2CCCN(C(=O)c3ccsc3)CC2)nc1. The van der Waals surface area contributed by atoms with Gasteiger partial charge in [-0.15, -0.1) is 0 Å². The predicted molar refractivity (Wildman–Crippen MR) is 86.0 cm³/mol. The van der Waals surface area contributed by atoms with E-state index in [-0.39, 0.29) is 5.91 Å². The number of hydrogen-bond acceptors (Lipinski definition) is 5. The van der Waals surface area contributed by atoms with Gasteiger partial charge in [0.1, 0.15) is 11.9 Å². The fraction of sp³-hybridized carbons (Fsp3) is 0.312. The molecule has 5 nitrogen and oxygen atoms in total. The van der Waals surface area contributed by atoms with Gasteiger partial charge in [0.2, 0.25) is 0 Å². The summed E-state index contributed by atoms with van der Waals surface area (Å²) in [5.74, 6) is 0.972. The van der Waals surface area contributed by atoms with Gasteiger partial charge in [0.05, 0.1) is 11.1 Å². The van der Waals surface area contributed by atoms with E-state index >= 15 is 0 Å². The van der Waals surface area contributed by atoms with Crippen molar-refractivity contribution in [3.05, 3.63) is 46.3 Å². The summed E-state index contributed by atoms with van der Waals surface area (Å²) in [5, 5.41) is 12.6. The Morgan fingerprint density at radius 3 is 2.82 bits per heavy atom. The zero-order chi connectivity index (χ0) is 15.4. The normalized spacial score (nSPS) is 15.2. The molecule has 2 aromatic heterocycles. The van der Waals surface area contributed by atoms with Crippen LogP contribution in [-0.4, -0.2) is 42.0 Å². The summed E-state index contributed by atoms with van der Waals surface area (Å²) in [4.78, 5) is 20.8. The van der Waals surface area contributed by atoms with Gasteiger partial charge in [0, 0.05) is 37.8 Å². The lowest BCUT2D eigenvalue weighted by molar-refractivity contribution is 0.0767. The van der Waals surface area contributed by atoms with E-state index in [2.05, 4.69) is 16.0 Å². The molecule has 0 radical (unpaired) electrons. The van der Waals surface area contributed by atoms with Crippen LogP contribution in [0, 0.1) is 11.3 Å². The first kappa shape index (κ1) is 14.5. The lowest BCUT2D eigenvalue weighted by Crippen LogP contribution is -2.35. The molecule has 0 bridgehead atoms. The molecule has 0 unspecified atom stereocenters. The summed E-state index contributed by atoms with van der Waals surface area (Å²) in [6, 6.07) is 7.60. The Bertz CT molecular complexity index is 675. The first-order valence-corrected chi connectivity index (χ1v) is 8.15. The van der Waals surface area contributed by atoms with Crippen LogP contribution in [0.1, 0.15) is 22.3 Å². The summed E-state index contributed by atoms with van der Waals surface area (Å²) in [5.41, 5.74) is 1.34. The van der Waals surface area contributed by atoms with Crippen molar-refractivity contribution in [2.45, 2.75) is 6.42 Å². The summed E-state index contributed by atoms with van der Waals surface area (Å²) >= 11 is 1.54. The van der Waals surface area contributed by atoms with Crippen molar-refractivity contribution in [3.8, 4) is 6.07 Å². The second-order valence-corrected chi connectivity index (χ2v) is 5.94. The molecule has 0 atom stereocenters. The molecule has 3 rings (SSSR count). The molecule has 0 saturated carbocycles. The molecule has 0 aliphatic carbocycles. The second-order valence-electron chi connectivity index (χ2n) is 5.16. The number of thiophene rings is 1. The van der Waals surface area contributed by atoms with E-state index in [1.165, 1.54) is 0 Å². The number of pyridine rings is 1. The average molecular weight is 312 g/mol. The summed E-state index contributed by atoms with van der Waals surface area (Å²) in [7, 11) is 0. The zero-order valence-corrected chi connectivity index (χ0v) is 12.9. The molecular weight excluding hydrogens is 296 g/mol. The van der Waals surface area contributed by atoms with Gasteiger partial charge in [-0.2, -0.15) is 16.6 Å². The van der Waals surface area contributed by atoms with E-state index in [0.717, 1.165) is 37.4 Å². The fourth-order valence-corrected chi connectivity index (χ4v) is 3.19. The molecule has 2 aromatic rings. The lowest BCUT2D eigenvalue weighted by Gasteiger charge is -2.22. The van der Waals surface area contributed by atoms with E-state index in [9.17, 15) is 4.79 Å². The maximum Gasteiger partial charge on any atom is 0.254 e. The fourth-order valence-electron chi connectivity index (χ4n) is 2.56. The minimum absolute atomic E-state index is 0.107. The molecule has 3 heterocycles. The molecule has 1 fully saturated rings. The minimum Gasteiger partial charge on any atom is -0.355 e. The van der Waals surface area contributed by atoms with Gasteiger partial charge in [-0.05, 0) is 30.0 Å². The Balaban J connectivity index is 1.67. The van der Waals surface area contributed by atoms with Crippen molar-refractivity contribution >= 4 is 23.1 Å². The van der Waals surface area contributed by atoms with Gasteiger partial charge in [-0.1, -0.05) is 0 Å². The first-order chi connectivity index (χ1) is 10.8. The summed E-state index contributed by atoms with van der Waals surface area (Å²) in [6.07, 6.45) is 2.51. The van der Waals surface area contributed by atoms with Gasteiger partial charge in [-0.3, -0.25) is 4.79 Å².